The smallest absolute Gasteiger partial charge is 0.237 e. The van der Waals surface area contributed by atoms with Crippen molar-refractivity contribution in [2.75, 3.05) is 26.7 Å². The number of carbonyl (C=O) groups is 1. The van der Waals surface area contributed by atoms with Crippen LogP contribution in [0.4, 0.5) is 4.39 Å². The molecule has 1 aromatic carbocycles. The van der Waals surface area contributed by atoms with E-state index in [2.05, 4.69) is 15.9 Å². The van der Waals surface area contributed by atoms with Gasteiger partial charge < -0.3 is 9.64 Å². The summed E-state index contributed by atoms with van der Waals surface area (Å²) < 4.78 is 19.1. The minimum Gasteiger partial charge on any atom is -0.494 e. The van der Waals surface area contributed by atoms with Crippen LogP contribution in [-0.2, 0) is 11.3 Å². The van der Waals surface area contributed by atoms with E-state index in [1.165, 1.54) is 32.4 Å². The minimum atomic E-state index is -0.383. The maximum absolute atomic E-state index is 14.1. The van der Waals surface area contributed by atoms with E-state index < -0.39 is 0 Å². The largest absolute Gasteiger partial charge is 0.494 e. The lowest BCUT2D eigenvalue weighted by Gasteiger charge is -2.60. The Kier molecular flexibility index (Phi) is 6.52. The number of hydrogen-bond donors (Lipinski definition) is 0. The summed E-state index contributed by atoms with van der Waals surface area (Å²) in [6.45, 7) is 4.06. The third kappa shape index (κ3) is 4.57. The summed E-state index contributed by atoms with van der Waals surface area (Å²) in [5.74, 6) is 2.20. The van der Waals surface area contributed by atoms with Gasteiger partial charge in [-0.15, -0.1) is 0 Å². The van der Waals surface area contributed by atoms with Crippen molar-refractivity contribution in [3.63, 3.8) is 0 Å². The second-order valence-electron chi connectivity index (χ2n) is 9.87. The Morgan fingerprint density at radius 1 is 1.23 bits per heavy atom. The van der Waals surface area contributed by atoms with Crippen LogP contribution < -0.4 is 4.74 Å². The third-order valence-electron chi connectivity index (χ3n) is 7.76. The molecule has 0 heterocycles. The predicted molar refractivity (Wildman–Crippen MR) is 117 cm³/mol. The highest BCUT2D eigenvalue weighted by molar-refractivity contribution is 5.79. The molecule has 0 N–H and O–H groups in total. The summed E-state index contributed by atoms with van der Waals surface area (Å²) in [5.41, 5.74) is 0.778. The van der Waals surface area contributed by atoms with E-state index in [1.54, 1.807) is 6.07 Å². The van der Waals surface area contributed by atoms with Crippen molar-refractivity contribution in [2.45, 2.75) is 64.0 Å². The van der Waals surface area contributed by atoms with Gasteiger partial charge in [-0.3, -0.25) is 9.69 Å². The molecule has 0 atom stereocenters. The van der Waals surface area contributed by atoms with Crippen molar-refractivity contribution in [2.24, 2.45) is 17.8 Å². The van der Waals surface area contributed by atoms with E-state index >= 15 is 0 Å². The fraction of sp³-hybridized carbons (Fsp3) is 0.680. The number of likely N-dealkylation sites (N-methyl/N-ethyl adjacent to an activating group) is 1. The predicted octanol–water partition coefficient (Wildman–Crippen LogP) is 4.37. The fourth-order valence-electron chi connectivity index (χ4n) is 6.81. The van der Waals surface area contributed by atoms with E-state index in [9.17, 15) is 14.4 Å². The summed E-state index contributed by atoms with van der Waals surface area (Å²) in [4.78, 5) is 17.7. The molecule has 0 aliphatic heterocycles. The first-order chi connectivity index (χ1) is 15.0. The van der Waals surface area contributed by atoms with E-state index in [0.29, 0.717) is 32.6 Å². The van der Waals surface area contributed by atoms with E-state index in [0.717, 1.165) is 42.6 Å². The maximum atomic E-state index is 14.1. The van der Waals surface area contributed by atoms with Gasteiger partial charge >= 0.3 is 0 Å². The molecule has 4 bridgehead atoms. The van der Waals surface area contributed by atoms with E-state index in [4.69, 9.17) is 4.74 Å². The van der Waals surface area contributed by atoms with E-state index in [-0.39, 0.29) is 23.0 Å². The van der Waals surface area contributed by atoms with Crippen molar-refractivity contribution in [3.8, 4) is 11.8 Å². The molecule has 168 valence electrons. The minimum absolute atomic E-state index is 0.0473. The van der Waals surface area contributed by atoms with Gasteiger partial charge in [-0.05, 0) is 80.5 Å². The molecule has 6 heteroatoms. The summed E-state index contributed by atoms with van der Waals surface area (Å²) in [5, 5.41) is 9.23. The molecule has 0 saturated heterocycles. The van der Waals surface area contributed by atoms with Crippen molar-refractivity contribution in [1.29, 1.82) is 5.26 Å². The number of amides is 1. The summed E-state index contributed by atoms with van der Waals surface area (Å²) in [7, 11) is 1.45. The van der Waals surface area contributed by atoms with Gasteiger partial charge in [-0.25, -0.2) is 4.39 Å². The molecular formula is C25H34FN3O2. The van der Waals surface area contributed by atoms with E-state index in [1.807, 2.05) is 13.0 Å². The average Bonchev–Trinajstić information content (AvgIpc) is 2.72. The fourth-order valence-corrected chi connectivity index (χ4v) is 6.81. The molecule has 4 aliphatic rings. The van der Waals surface area contributed by atoms with Crippen molar-refractivity contribution in [3.05, 3.63) is 29.6 Å². The number of hydrogen-bond acceptors (Lipinski definition) is 4. The van der Waals surface area contributed by atoms with Gasteiger partial charge in [0, 0.05) is 18.6 Å². The standard InChI is InChI=1S/C25H34FN3O2/c1-3-28(16-18-5-6-23(31-2)22(26)12-18)17-24(30)29(8-4-7-27)25-13-19-9-20(14-25)11-21(10-19)15-25/h5-6,12,19-21H,3-4,8-11,13-17H2,1-2H3. The Hall–Kier alpha value is -2.13. The van der Waals surface area contributed by atoms with Crippen LogP contribution in [0.2, 0.25) is 0 Å². The molecule has 0 unspecified atom stereocenters. The highest BCUT2D eigenvalue weighted by atomic mass is 19.1. The topological polar surface area (TPSA) is 56.6 Å². The number of nitriles is 1. The number of rotatable bonds is 9. The number of nitrogens with zero attached hydrogens (tertiary/aromatic N) is 3. The molecule has 4 fully saturated rings. The lowest BCUT2D eigenvalue weighted by atomic mass is 9.52. The number of halogens is 1. The molecule has 31 heavy (non-hydrogen) atoms. The molecule has 5 nitrogen and oxygen atoms in total. The Balaban J connectivity index is 1.48. The van der Waals surface area contributed by atoms with Gasteiger partial charge in [0.2, 0.25) is 5.91 Å². The van der Waals surface area contributed by atoms with Gasteiger partial charge in [0.1, 0.15) is 0 Å². The first-order valence-electron chi connectivity index (χ1n) is 11.7. The second kappa shape index (κ2) is 9.16. The summed E-state index contributed by atoms with van der Waals surface area (Å²) in [6, 6.07) is 7.22. The lowest BCUT2D eigenvalue weighted by molar-refractivity contribution is -0.151. The molecule has 0 radical (unpaired) electrons. The quantitative estimate of drug-likeness (QED) is 0.587. The van der Waals surface area contributed by atoms with Crippen LogP contribution >= 0.6 is 0 Å². The first kappa shape index (κ1) is 22.1. The maximum Gasteiger partial charge on any atom is 0.237 e. The van der Waals surface area contributed by atoms with Gasteiger partial charge in [-0.1, -0.05) is 13.0 Å². The zero-order chi connectivity index (χ0) is 22.0. The monoisotopic (exact) mass is 427 g/mol. The van der Waals surface area contributed by atoms with Gasteiger partial charge in [0.05, 0.1) is 26.1 Å². The Morgan fingerprint density at radius 3 is 2.39 bits per heavy atom. The first-order valence-corrected chi connectivity index (χ1v) is 11.7. The average molecular weight is 428 g/mol. The second-order valence-corrected chi connectivity index (χ2v) is 9.87. The Morgan fingerprint density at radius 2 is 1.87 bits per heavy atom. The number of methoxy groups -OCH3 is 1. The Labute approximate surface area is 185 Å². The summed E-state index contributed by atoms with van der Waals surface area (Å²) in [6.07, 6.45) is 7.66. The lowest BCUT2D eigenvalue weighted by Crippen LogP contribution is -2.62. The highest BCUT2D eigenvalue weighted by Crippen LogP contribution is 2.57. The molecular weight excluding hydrogens is 393 g/mol. The van der Waals surface area contributed by atoms with Crippen molar-refractivity contribution < 1.29 is 13.9 Å². The number of ether oxygens (including phenoxy) is 1. The van der Waals surface area contributed by atoms with Gasteiger partial charge in [-0.2, -0.15) is 5.26 Å². The van der Waals surface area contributed by atoms with Crippen LogP contribution in [0.3, 0.4) is 0 Å². The van der Waals surface area contributed by atoms with Gasteiger partial charge in [0.25, 0.3) is 0 Å². The van der Waals surface area contributed by atoms with Crippen molar-refractivity contribution >= 4 is 5.91 Å². The van der Waals surface area contributed by atoms with Crippen LogP contribution in [0.5, 0.6) is 5.75 Å². The molecule has 5 rings (SSSR count). The van der Waals surface area contributed by atoms with Crippen LogP contribution in [0.1, 0.15) is 57.4 Å². The van der Waals surface area contributed by atoms with Crippen LogP contribution in [0, 0.1) is 34.9 Å². The highest BCUT2D eigenvalue weighted by Gasteiger charge is 2.54. The normalized spacial score (nSPS) is 28.5. The molecule has 4 aliphatic carbocycles. The SMILES string of the molecule is CCN(CC(=O)N(CCC#N)C12CC3CC(CC(C3)C1)C2)Cc1ccc(OC)c(F)c1. The molecule has 4 saturated carbocycles. The zero-order valence-corrected chi connectivity index (χ0v) is 18.8. The van der Waals surface area contributed by atoms with Crippen LogP contribution in [-0.4, -0.2) is 48.0 Å². The molecule has 0 aromatic heterocycles. The number of benzene rings is 1. The number of carbonyl (C=O) groups excluding carboxylic acids is 1. The van der Waals surface area contributed by atoms with Crippen molar-refractivity contribution in [1.82, 2.24) is 9.80 Å². The van der Waals surface area contributed by atoms with Crippen LogP contribution in [0.25, 0.3) is 0 Å². The summed E-state index contributed by atoms with van der Waals surface area (Å²) >= 11 is 0. The molecule has 1 amide bonds. The Bertz CT molecular complexity index is 814. The van der Waals surface area contributed by atoms with Gasteiger partial charge in [0.15, 0.2) is 11.6 Å². The zero-order valence-electron chi connectivity index (χ0n) is 18.8. The third-order valence-corrected chi connectivity index (χ3v) is 7.76. The van der Waals surface area contributed by atoms with Crippen LogP contribution in [0.15, 0.2) is 18.2 Å². The molecule has 0 spiro atoms. The molecule has 1 aromatic rings.